The Balaban J connectivity index is 2.02. The second-order valence-electron chi connectivity index (χ2n) is 5.10. The molecule has 0 aliphatic rings. The maximum atomic E-state index is 13.0. The predicted octanol–water partition coefficient (Wildman–Crippen LogP) is 4.85. The number of nitrogens with zero attached hydrogens (tertiary/aromatic N) is 3. The zero-order chi connectivity index (χ0) is 18.9. The monoisotopic (exact) mass is 400 g/mol. The minimum Gasteiger partial charge on any atom is -0.306 e. The van der Waals surface area contributed by atoms with Gasteiger partial charge in [0.2, 0.25) is 0 Å². The van der Waals surface area contributed by atoms with E-state index in [4.69, 9.17) is 23.2 Å². The van der Waals surface area contributed by atoms with Crippen LogP contribution in [0.2, 0.25) is 10.2 Å². The molecule has 2 heterocycles. The summed E-state index contributed by atoms with van der Waals surface area (Å²) in [4.78, 5) is 16.1. The summed E-state index contributed by atoms with van der Waals surface area (Å²) >= 11 is 11.6. The van der Waals surface area contributed by atoms with E-state index in [1.165, 1.54) is 42.6 Å². The van der Waals surface area contributed by atoms with E-state index in [2.05, 4.69) is 15.4 Å². The Morgan fingerprint density at radius 1 is 1.12 bits per heavy atom. The Kier molecular flexibility index (Phi) is 4.88. The summed E-state index contributed by atoms with van der Waals surface area (Å²) in [6.45, 7) is 0. The number of amides is 1. The number of halogens is 5. The highest BCUT2D eigenvalue weighted by atomic mass is 35.5. The van der Waals surface area contributed by atoms with E-state index < -0.39 is 17.8 Å². The van der Waals surface area contributed by atoms with Gasteiger partial charge in [0.15, 0.2) is 5.69 Å². The van der Waals surface area contributed by atoms with E-state index in [-0.39, 0.29) is 22.2 Å². The van der Waals surface area contributed by atoms with Gasteiger partial charge in [-0.3, -0.25) is 4.79 Å². The molecule has 1 amide bonds. The highest BCUT2D eigenvalue weighted by molar-refractivity contribution is 6.33. The molecule has 0 radical (unpaired) electrons. The highest BCUT2D eigenvalue weighted by Gasteiger charge is 2.35. The third-order valence-corrected chi connectivity index (χ3v) is 3.87. The first-order chi connectivity index (χ1) is 12.3. The molecule has 10 heteroatoms. The summed E-state index contributed by atoms with van der Waals surface area (Å²) in [5, 5.41) is 6.25. The van der Waals surface area contributed by atoms with Gasteiger partial charge in [-0.05, 0) is 36.4 Å². The van der Waals surface area contributed by atoms with Gasteiger partial charge in [-0.25, -0.2) is 9.67 Å². The number of carbonyl (C=O) groups excluding carboxylic acids is 1. The molecule has 0 saturated heterocycles. The Hall–Kier alpha value is -2.58. The van der Waals surface area contributed by atoms with Crippen molar-refractivity contribution in [2.75, 3.05) is 5.32 Å². The van der Waals surface area contributed by atoms with Crippen LogP contribution in [0.1, 0.15) is 16.1 Å². The molecule has 3 aromatic rings. The lowest BCUT2D eigenvalue weighted by molar-refractivity contribution is -0.141. The smallest absolute Gasteiger partial charge is 0.306 e. The number of carbonyl (C=O) groups is 1. The zero-order valence-corrected chi connectivity index (χ0v) is 14.3. The van der Waals surface area contributed by atoms with Crippen LogP contribution < -0.4 is 5.32 Å². The summed E-state index contributed by atoms with van der Waals surface area (Å²) < 4.78 is 40.1. The molecule has 0 spiro atoms. The van der Waals surface area contributed by atoms with Gasteiger partial charge in [0, 0.05) is 17.3 Å². The quantitative estimate of drug-likeness (QED) is 0.639. The standard InChI is InChI=1S/C16H9Cl2F3N4O/c17-9-3-5-10(6-4-9)25-13(8-12(24-25)16(19,20)21)23-15(26)11-2-1-7-22-14(11)18/h1-8H,(H,23,26). The Bertz CT molecular complexity index is 955. The molecular formula is C16H9Cl2F3N4O. The normalized spacial score (nSPS) is 11.4. The number of aromatic nitrogens is 3. The lowest BCUT2D eigenvalue weighted by atomic mass is 10.2. The van der Waals surface area contributed by atoms with Gasteiger partial charge < -0.3 is 5.32 Å². The van der Waals surface area contributed by atoms with Crippen LogP contribution in [0.4, 0.5) is 19.0 Å². The fourth-order valence-electron chi connectivity index (χ4n) is 2.13. The number of rotatable bonds is 3. The molecule has 5 nitrogen and oxygen atoms in total. The van der Waals surface area contributed by atoms with Gasteiger partial charge in [0.25, 0.3) is 5.91 Å². The van der Waals surface area contributed by atoms with Gasteiger partial charge in [-0.15, -0.1) is 0 Å². The van der Waals surface area contributed by atoms with Crippen molar-refractivity contribution in [2.24, 2.45) is 0 Å². The average Bonchev–Trinajstić information content (AvgIpc) is 3.00. The molecule has 0 aliphatic heterocycles. The second-order valence-corrected chi connectivity index (χ2v) is 5.89. The van der Waals surface area contributed by atoms with Crippen LogP contribution in [-0.4, -0.2) is 20.7 Å². The van der Waals surface area contributed by atoms with Crippen LogP contribution in [0.15, 0.2) is 48.7 Å². The molecule has 0 saturated carbocycles. The van der Waals surface area contributed by atoms with Crippen molar-refractivity contribution in [1.29, 1.82) is 0 Å². The van der Waals surface area contributed by atoms with Crippen LogP contribution in [0.3, 0.4) is 0 Å². The molecule has 0 bridgehead atoms. The lowest BCUT2D eigenvalue weighted by Crippen LogP contribution is -2.16. The van der Waals surface area contributed by atoms with Crippen molar-refractivity contribution in [2.45, 2.75) is 6.18 Å². The first kappa shape index (κ1) is 18.2. The molecule has 26 heavy (non-hydrogen) atoms. The maximum Gasteiger partial charge on any atom is 0.435 e. The first-order valence-corrected chi connectivity index (χ1v) is 7.86. The van der Waals surface area contributed by atoms with Gasteiger partial charge >= 0.3 is 6.18 Å². The van der Waals surface area contributed by atoms with Crippen LogP contribution in [0.25, 0.3) is 5.69 Å². The average molecular weight is 401 g/mol. The fraction of sp³-hybridized carbons (Fsp3) is 0.0625. The van der Waals surface area contributed by atoms with Crippen LogP contribution in [0.5, 0.6) is 0 Å². The van der Waals surface area contributed by atoms with Crippen LogP contribution in [0, 0.1) is 0 Å². The van der Waals surface area contributed by atoms with E-state index in [0.717, 1.165) is 10.7 Å². The van der Waals surface area contributed by atoms with E-state index in [9.17, 15) is 18.0 Å². The van der Waals surface area contributed by atoms with Crippen molar-refractivity contribution in [3.8, 4) is 5.69 Å². The molecule has 0 unspecified atom stereocenters. The van der Waals surface area contributed by atoms with Crippen molar-refractivity contribution in [1.82, 2.24) is 14.8 Å². The number of benzene rings is 1. The number of anilines is 1. The zero-order valence-electron chi connectivity index (χ0n) is 12.8. The molecule has 0 atom stereocenters. The highest BCUT2D eigenvalue weighted by Crippen LogP contribution is 2.31. The molecule has 134 valence electrons. The van der Waals surface area contributed by atoms with Gasteiger partial charge in [-0.1, -0.05) is 23.2 Å². The minimum atomic E-state index is -4.68. The Labute approximate surface area is 155 Å². The predicted molar refractivity (Wildman–Crippen MR) is 90.8 cm³/mol. The Morgan fingerprint density at radius 2 is 1.81 bits per heavy atom. The number of hydrogen-bond acceptors (Lipinski definition) is 3. The summed E-state index contributed by atoms with van der Waals surface area (Å²) in [5.41, 5.74) is -0.843. The summed E-state index contributed by atoms with van der Waals surface area (Å²) in [7, 11) is 0. The summed E-state index contributed by atoms with van der Waals surface area (Å²) in [6.07, 6.45) is -3.29. The van der Waals surface area contributed by atoms with E-state index in [1.54, 1.807) is 0 Å². The second kappa shape index (κ2) is 6.97. The van der Waals surface area contributed by atoms with Crippen molar-refractivity contribution >= 4 is 34.9 Å². The van der Waals surface area contributed by atoms with Crippen molar-refractivity contribution < 1.29 is 18.0 Å². The third kappa shape index (κ3) is 3.81. The molecule has 0 fully saturated rings. The number of alkyl halides is 3. The summed E-state index contributed by atoms with van der Waals surface area (Å²) in [6, 6.07) is 9.56. The first-order valence-electron chi connectivity index (χ1n) is 7.11. The number of pyridine rings is 1. The fourth-order valence-corrected chi connectivity index (χ4v) is 2.46. The molecule has 3 rings (SSSR count). The van der Waals surface area contributed by atoms with Crippen LogP contribution >= 0.6 is 23.2 Å². The van der Waals surface area contributed by atoms with E-state index in [0.29, 0.717) is 5.02 Å². The maximum absolute atomic E-state index is 13.0. The minimum absolute atomic E-state index is 0.0200. The van der Waals surface area contributed by atoms with Gasteiger partial charge in [0.1, 0.15) is 11.0 Å². The van der Waals surface area contributed by atoms with Crippen molar-refractivity contribution in [3.05, 3.63) is 70.1 Å². The molecule has 0 aliphatic carbocycles. The summed E-state index contributed by atoms with van der Waals surface area (Å²) in [5.74, 6) is -0.892. The largest absolute Gasteiger partial charge is 0.435 e. The van der Waals surface area contributed by atoms with Crippen LogP contribution in [-0.2, 0) is 6.18 Å². The third-order valence-electron chi connectivity index (χ3n) is 3.32. The van der Waals surface area contributed by atoms with Gasteiger partial charge in [-0.2, -0.15) is 18.3 Å². The molecule has 1 aromatic carbocycles. The van der Waals surface area contributed by atoms with E-state index >= 15 is 0 Å². The molecule has 2 aromatic heterocycles. The lowest BCUT2D eigenvalue weighted by Gasteiger charge is -2.09. The number of hydrogen-bond donors (Lipinski definition) is 1. The van der Waals surface area contributed by atoms with Crippen molar-refractivity contribution in [3.63, 3.8) is 0 Å². The molecular weight excluding hydrogens is 392 g/mol. The SMILES string of the molecule is O=C(Nc1cc(C(F)(F)F)nn1-c1ccc(Cl)cc1)c1cccnc1Cl. The van der Waals surface area contributed by atoms with E-state index in [1.807, 2.05) is 0 Å². The molecule has 1 N–H and O–H groups in total. The topological polar surface area (TPSA) is 59.8 Å². The number of nitrogens with one attached hydrogen (secondary N) is 1. The van der Waals surface area contributed by atoms with Gasteiger partial charge in [0.05, 0.1) is 11.3 Å². The Morgan fingerprint density at radius 3 is 2.42 bits per heavy atom.